The van der Waals surface area contributed by atoms with Gasteiger partial charge in [-0.3, -0.25) is 9.59 Å². The van der Waals surface area contributed by atoms with Crippen molar-refractivity contribution in [2.45, 2.75) is 102 Å². The molecule has 4 atom stereocenters. The first-order chi connectivity index (χ1) is 22.1. The SMILES string of the molecule is C[C@@H]1CCc2nn(C(=O)[C@H]3CCCc4[nH]c(Cl)cc43)c(N)c2C1.Nc1c2c(nn1C(=O)[C@H]1CCCc3[nH]c(Cl)cc31)CC[C@@H](O)C2. The lowest BCUT2D eigenvalue weighted by Gasteiger charge is -2.21. The van der Waals surface area contributed by atoms with E-state index in [4.69, 9.17) is 34.7 Å². The van der Waals surface area contributed by atoms with Crippen molar-refractivity contribution in [3.05, 3.63) is 67.5 Å². The van der Waals surface area contributed by atoms with E-state index in [0.717, 1.165) is 103 Å². The second kappa shape index (κ2) is 12.2. The Morgan fingerprint density at radius 2 is 1.26 bits per heavy atom. The molecule has 4 aliphatic rings. The van der Waals surface area contributed by atoms with Gasteiger partial charge in [-0.2, -0.15) is 19.6 Å². The van der Waals surface area contributed by atoms with E-state index >= 15 is 0 Å². The first kappa shape index (κ1) is 31.1. The number of aryl methyl sites for hydroxylation is 4. The van der Waals surface area contributed by atoms with Crippen LogP contribution in [0.15, 0.2) is 12.1 Å². The van der Waals surface area contributed by atoms with Crippen LogP contribution in [0, 0.1) is 5.92 Å². The van der Waals surface area contributed by atoms with Gasteiger partial charge in [0.1, 0.15) is 21.9 Å². The Labute approximate surface area is 277 Å². The van der Waals surface area contributed by atoms with Gasteiger partial charge in [0.2, 0.25) is 0 Å². The monoisotopic (exact) mass is 666 g/mol. The standard InChI is InChI=1S/C17H21ClN4O.C16H19ClN4O2/c1-9-5-6-14-12(7-9)16(19)22(21-14)17(23)10-3-2-4-13-11(10)8-15(18)20-13;17-14-7-10-9(2-1-3-12(10)19-14)16(23)21-15(18)11-6-8(22)4-5-13(11)20-21/h8-10,20H,2-7,19H2,1H3;7-9,19,22H,1-6,18H2/t9-,10+;8-,9+/m11/s1. The summed E-state index contributed by atoms with van der Waals surface area (Å²) in [6.07, 6.45) is 9.67. The molecule has 0 fully saturated rings. The molecule has 0 radical (unpaired) electrons. The molecule has 13 heteroatoms. The first-order valence-electron chi connectivity index (χ1n) is 16.3. The maximum absolute atomic E-state index is 13.1. The van der Waals surface area contributed by atoms with Gasteiger partial charge >= 0.3 is 0 Å². The van der Waals surface area contributed by atoms with Gasteiger partial charge < -0.3 is 26.5 Å². The molecular formula is C33H40Cl2N8O3. The molecule has 7 N–H and O–H groups in total. The molecule has 0 amide bonds. The Morgan fingerprint density at radius 1 is 0.783 bits per heavy atom. The number of hydrogen-bond donors (Lipinski definition) is 5. The molecule has 0 bridgehead atoms. The summed E-state index contributed by atoms with van der Waals surface area (Å²) >= 11 is 12.1. The fourth-order valence-corrected chi connectivity index (χ4v) is 8.21. The number of nitrogens with one attached hydrogen (secondary N) is 2. The number of anilines is 2. The maximum atomic E-state index is 13.1. The van der Waals surface area contributed by atoms with Crippen LogP contribution >= 0.6 is 23.2 Å². The van der Waals surface area contributed by atoms with Crippen LogP contribution in [0.2, 0.25) is 10.3 Å². The lowest BCUT2D eigenvalue weighted by molar-refractivity contribution is 0.0846. The molecule has 0 unspecified atom stereocenters. The predicted octanol–water partition coefficient (Wildman–Crippen LogP) is 5.39. The lowest BCUT2D eigenvalue weighted by Crippen LogP contribution is -2.25. The first-order valence-corrected chi connectivity index (χ1v) is 17.1. The third kappa shape index (κ3) is 5.56. The van der Waals surface area contributed by atoms with Crippen molar-refractivity contribution in [3.8, 4) is 0 Å². The smallest absolute Gasteiger partial charge is 0.256 e. The number of nitrogens with two attached hydrogens (primary N) is 2. The van der Waals surface area contributed by atoms with Gasteiger partial charge in [-0.05, 0) is 99.8 Å². The van der Waals surface area contributed by atoms with Crippen molar-refractivity contribution in [2.24, 2.45) is 5.92 Å². The summed E-state index contributed by atoms with van der Waals surface area (Å²) in [7, 11) is 0. The van der Waals surface area contributed by atoms with Crippen LogP contribution in [0.3, 0.4) is 0 Å². The zero-order valence-electron chi connectivity index (χ0n) is 25.9. The number of aliphatic hydroxyl groups is 1. The Kier molecular flexibility index (Phi) is 8.27. The molecule has 0 saturated heterocycles. The van der Waals surface area contributed by atoms with Crippen molar-refractivity contribution < 1.29 is 14.7 Å². The summed E-state index contributed by atoms with van der Waals surface area (Å²) < 4.78 is 2.78. The van der Waals surface area contributed by atoms with Crippen LogP contribution in [0.25, 0.3) is 0 Å². The molecule has 244 valence electrons. The van der Waals surface area contributed by atoms with Crippen LogP contribution in [0.1, 0.15) is 112 Å². The van der Waals surface area contributed by atoms with E-state index in [9.17, 15) is 14.7 Å². The fourth-order valence-electron chi connectivity index (χ4n) is 7.75. The summed E-state index contributed by atoms with van der Waals surface area (Å²) in [6.45, 7) is 2.22. The quantitative estimate of drug-likeness (QED) is 0.191. The van der Waals surface area contributed by atoms with E-state index in [2.05, 4.69) is 27.1 Å². The van der Waals surface area contributed by atoms with E-state index in [1.807, 2.05) is 12.1 Å². The van der Waals surface area contributed by atoms with Gasteiger partial charge in [0, 0.05) is 28.9 Å². The fraction of sp³-hybridized carbons (Fsp3) is 0.515. The number of carbonyl (C=O) groups is 2. The number of rotatable bonds is 2. The van der Waals surface area contributed by atoms with E-state index in [0.29, 0.717) is 47.1 Å². The minimum atomic E-state index is -0.401. The average Bonchev–Trinajstić information content (AvgIpc) is 3.79. The van der Waals surface area contributed by atoms with Gasteiger partial charge in [-0.1, -0.05) is 30.1 Å². The number of hydrogen-bond acceptors (Lipinski definition) is 7. The van der Waals surface area contributed by atoms with Crippen LogP contribution in [0.4, 0.5) is 11.6 Å². The van der Waals surface area contributed by atoms with Crippen LogP contribution in [-0.2, 0) is 38.5 Å². The van der Waals surface area contributed by atoms with Gasteiger partial charge in [0.15, 0.2) is 0 Å². The van der Waals surface area contributed by atoms with E-state index in [1.54, 1.807) is 0 Å². The number of fused-ring (bicyclic) bond motifs is 4. The minimum Gasteiger partial charge on any atom is -0.393 e. The van der Waals surface area contributed by atoms with E-state index in [1.165, 1.54) is 9.36 Å². The third-order valence-electron chi connectivity index (χ3n) is 10.2. The zero-order valence-corrected chi connectivity index (χ0v) is 27.4. The summed E-state index contributed by atoms with van der Waals surface area (Å²) in [6, 6.07) is 3.71. The molecule has 4 heterocycles. The molecule has 0 spiro atoms. The average molecular weight is 668 g/mol. The Morgan fingerprint density at radius 3 is 1.78 bits per heavy atom. The Balaban J connectivity index is 0.000000147. The summed E-state index contributed by atoms with van der Waals surface area (Å²) in [5.74, 6) is 0.897. The molecule has 4 aromatic heterocycles. The molecule has 8 rings (SSSR count). The Bertz CT molecular complexity index is 1690. The highest BCUT2D eigenvalue weighted by molar-refractivity contribution is 6.30. The molecule has 4 aliphatic carbocycles. The molecule has 0 aromatic carbocycles. The normalized spacial score (nSPS) is 23.4. The second-order valence-corrected chi connectivity index (χ2v) is 14.2. The molecular weight excluding hydrogens is 627 g/mol. The van der Waals surface area contributed by atoms with Gasteiger partial charge in [-0.25, -0.2) is 0 Å². The summed E-state index contributed by atoms with van der Waals surface area (Å²) in [4.78, 5) is 32.3. The number of aromatic amines is 2. The number of nitrogens with zero attached hydrogens (tertiary/aromatic N) is 4. The maximum Gasteiger partial charge on any atom is 0.256 e. The Hall–Kier alpha value is -3.54. The topological polar surface area (TPSA) is 174 Å². The molecule has 46 heavy (non-hydrogen) atoms. The third-order valence-corrected chi connectivity index (χ3v) is 10.6. The van der Waals surface area contributed by atoms with Crippen molar-refractivity contribution in [1.29, 1.82) is 0 Å². The van der Waals surface area contributed by atoms with Gasteiger partial charge in [0.25, 0.3) is 11.8 Å². The van der Waals surface area contributed by atoms with Crippen LogP contribution < -0.4 is 11.5 Å². The van der Waals surface area contributed by atoms with Gasteiger partial charge in [0.05, 0.1) is 29.3 Å². The van der Waals surface area contributed by atoms with Crippen molar-refractivity contribution >= 4 is 46.7 Å². The predicted molar refractivity (Wildman–Crippen MR) is 177 cm³/mol. The van der Waals surface area contributed by atoms with Gasteiger partial charge in [-0.15, -0.1) is 0 Å². The number of nitrogen functional groups attached to an aromatic ring is 2. The zero-order chi connectivity index (χ0) is 32.3. The molecule has 11 nitrogen and oxygen atoms in total. The van der Waals surface area contributed by atoms with Crippen molar-refractivity contribution in [2.75, 3.05) is 11.5 Å². The number of carbonyl (C=O) groups excluding carboxylic acids is 2. The summed E-state index contributed by atoms with van der Waals surface area (Å²) in [5, 5.41) is 19.9. The van der Waals surface area contributed by atoms with Crippen molar-refractivity contribution in [1.82, 2.24) is 29.5 Å². The highest BCUT2D eigenvalue weighted by Gasteiger charge is 2.34. The molecule has 4 aromatic rings. The number of halogens is 2. The lowest BCUT2D eigenvalue weighted by atomic mass is 9.86. The molecule has 0 saturated carbocycles. The highest BCUT2D eigenvalue weighted by Crippen LogP contribution is 2.38. The van der Waals surface area contributed by atoms with Crippen LogP contribution in [0.5, 0.6) is 0 Å². The van der Waals surface area contributed by atoms with Crippen LogP contribution in [-0.4, -0.2) is 52.6 Å². The number of aromatic nitrogens is 6. The highest BCUT2D eigenvalue weighted by atomic mass is 35.5. The number of aliphatic hydroxyl groups excluding tert-OH is 1. The second-order valence-electron chi connectivity index (χ2n) is 13.4. The summed E-state index contributed by atoms with van der Waals surface area (Å²) in [5.41, 5.74) is 20.2. The largest absolute Gasteiger partial charge is 0.393 e. The number of H-pyrrole nitrogens is 2. The minimum absolute atomic E-state index is 0.0267. The van der Waals surface area contributed by atoms with E-state index < -0.39 is 6.10 Å². The van der Waals surface area contributed by atoms with E-state index in [-0.39, 0.29) is 23.7 Å². The van der Waals surface area contributed by atoms with Crippen molar-refractivity contribution in [3.63, 3.8) is 0 Å². The molecule has 0 aliphatic heterocycles.